The van der Waals surface area contributed by atoms with Crippen LogP contribution in [-0.2, 0) is 34.9 Å². The van der Waals surface area contributed by atoms with Gasteiger partial charge in [-0.05, 0) is 38.2 Å². The molecule has 5 aliphatic rings. The Hall–Kier alpha value is -3.39. The number of hydrogen-bond acceptors (Lipinski definition) is 12. The van der Waals surface area contributed by atoms with Gasteiger partial charge in [-0.3, -0.25) is 14.4 Å². The van der Waals surface area contributed by atoms with Crippen LogP contribution in [0, 0.1) is 11.8 Å². The van der Waals surface area contributed by atoms with Crippen LogP contribution in [0.5, 0.6) is 11.5 Å². The first-order valence-electron chi connectivity index (χ1n) is 14.9. The fourth-order valence-corrected chi connectivity index (χ4v) is 7.96. The molecule has 0 aromatic heterocycles. The average molecular weight is 610 g/mol. The summed E-state index contributed by atoms with van der Waals surface area (Å²) < 4.78 is 30.3. The number of anilines is 1. The third-order valence-corrected chi connectivity index (χ3v) is 10.1. The third-order valence-electron chi connectivity index (χ3n) is 10.1. The highest BCUT2D eigenvalue weighted by atomic mass is 16.7. The number of carbonyl (C=O) groups excluding carboxylic acids is 3. The second-order valence-corrected chi connectivity index (χ2v) is 12.5. The van der Waals surface area contributed by atoms with Crippen LogP contribution in [0.4, 0.5) is 5.69 Å². The van der Waals surface area contributed by atoms with Crippen LogP contribution in [0.2, 0.25) is 0 Å². The maximum Gasteiger partial charge on any atom is 0.200 e. The highest BCUT2D eigenvalue weighted by molar-refractivity contribution is 6.32. The monoisotopic (exact) mass is 609 g/mol. The molecule has 12 heteroatoms. The first-order valence-corrected chi connectivity index (χ1v) is 14.9. The van der Waals surface area contributed by atoms with Crippen molar-refractivity contribution in [2.45, 2.75) is 82.1 Å². The van der Waals surface area contributed by atoms with E-state index in [0.29, 0.717) is 13.0 Å². The van der Waals surface area contributed by atoms with Crippen LogP contribution in [0.25, 0.3) is 0 Å². The van der Waals surface area contributed by atoms with Crippen molar-refractivity contribution in [1.82, 2.24) is 0 Å². The standard InChI is InChI=1S/C32H35NO11/c1-12-29-16(14-7-8-41-31(40-3)30(14)44-29)9-20(42-12)43-19-11-32(39,13(2)34)10-17-22(19)28(38)24-23(26(17)36)25(35)15-5-4-6-18(33)21(15)27(24)37/h4-6,12,14,16,19-20,29-31,36,38-39H,7-11,33H2,1-3H3/t12-,14-,16?,19-,20-,29+,30-,31-,32-/m0/s1. The maximum atomic E-state index is 13.7. The van der Waals surface area contributed by atoms with E-state index < -0.39 is 70.7 Å². The number of aliphatic hydroxyl groups is 1. The molecular formula is C32H35NO11. The van der Waals surface area contributed by atoms with Crippen molar-refractivity contribution in [1.29, 1.82) is 0 Å². The molecule has 2 aliphatic carbocycles. The Balaban J connectivity index is 1.29. The summed E-state index contributed by atoms with van der Waals surface area (Å²) in [4.78, 5) is 40.0. The number of hydrogen-bond donors (Lipinski definition) is 4. The zero-order valence-electron chi connectivity index (χ0n) is 24.6. The van der Waals surface area contributed by atoms with E-state index in [2.05, 4.69) is 0 Å². The fourth-order valence-electron chi connectivity index (χ4n) is 7.96. The molecule has 0 saturated carbocycles. The summed E-state index contributed by atoms with van der Waals surface area (Å²) in [6.45, 7) is 3.62. The zero-order valence-corrected chi connectivity index (χ0v) is 24.6. The van der Waals surface area contributed by atoms with Gasteiger partial charge in [-0.2, -0.15) is 0 Å². The van der Waals surface area contributed by atoms with E-state index in [1.807, 2.05) is 6.92 Å². The Kier molecular flexibility index (Phi) is 6.88. The molecule has 3 heterocycles. The molecule has 9 atom stereocenters. The smallest absolute Gasteiger partial charge is 0.200 e. The van der Waals surface area contributed by atoms with Crippen LogP contribution in [0.15, 0.2) is 18.2 Å². The number of aromatic hydroxyl groups is 2. The Morgan fingerprint density at radius 1 is 1.05 bits per heavy atom. The van der Waals surface area contributed by atoms with E-state index in [9.17, 15) is 29.7 Å². The Bertz CT molecular complexity index is 1590. The molecule has 3 aliphatic heterocycles. The number of carbonyl (C=O) groups is 3. The third kappa shape index (κ3) is 4.16. The van der Waals surface area contributed by atoms with Gasteiger partial charge in [0.05, 0.1) is 41.6 Å². The lowest BCUT2D eigenvalue weighted by atomic mass is 9.72. The van der Waals surface area contributed by atoms with Crippen molar-refractivity contribution in [3.63, 3.8) is 0 Å². The molecule has 2 aromatic carbocycles. The molecule has 0 radical (unpaired) electrons. The highest BCUT2D eigenvalue weighted by Crippen LogP contribution is 2.53. The fraction of sp³-hybridized carbons (Fsp3) is 0.531. The predicted octanol–water partition coefficient (Wildman–Crippen LogP) is 2.31. The minimum Gasteiger partial charge on any atom is -0.507 e. The number of nitrogen functional groups attached to an aromatic ring is 1. The van der Waals surface area contributed by atoms with E-state index in [0.717, 1.165) is 6.42 Å². The Morgan fingerprint density at radius 2 is 1.80 bits per heavy atom. The van der Waals surface area contributed by atoms with Crippen LogP contribution in [0.1, 0.15) is 82.2 Å². The number of methoxy groups -OCH3 is 1. The van der Waals surface area contributed by atoms with Crippen molar-refractivity contribution < 1.29 is 53.4 Å². The normalized spacial score (nSPS) is 35.7. The highest BCUT2D eigenvalue weighted by Gasteiger charge is 2.56. The lowest BCUT2D eigenvalue weighted by Gasteiger charge is -2.42. The molecule has 5 N–H and O–H groups in total. The molecular weight excluding hydrogens is 574 g/mol. The summed E-state index contributed by atoms with van der Waals surface area (Å²) in [6, 6.07) is 4.41. The molecule has 0 amide bonds. The van der Waals surface area contributed by atoms with Gasteiger partial charge in [-0.1, -0.05) is 12.1 Å². The summed E-state index contributed by atoms with van der Waals surface area (Å²) in [6.07, 6.45) is -2.86. The van der Waals surface area contributed by atoms with Gasteiger partial charge in [0.15, 0.2) is 29.9 Å². The van der Waals surface area contributed by atoms with Crippen LogP contribution < -0.4 is 5.73 Å². The number of ether oxygens (including phenoxy) is 5. The zero-order chi connectivity index (χ0) is 31.2. The minimum absolute atomic E-state index is 0.0114. The number of ketones is 3. The number of nitrogens with two attached hydrogens (primary N) is 1. The summed E-state index contributed by atoms with van der Waals surface area (Å²) in [5.74, 6) is -2.99. The molecule has 12 nitrogen and oxygen atoms in total. The van der Waals surface area contributed by atoms with Gasteiger partial charge in [0.2, 0.25) is 0 Å². The van der Waals surface area contributed by atoms with Gasteiger partial charge in [0.25, 0.3) is 0 Å². The quantitative estimate of drug-likeness (QED) is 0.250. The molecule has 3 fully saturated rings. The Labute approximate surface area is 253 Å². The summed E-state index contributed by atoms with van der Waals surface area (Å²) in [5.41, 5.74) is 3.26. The lowest BCUT2D eigenvalue weighted by molar-refractivity contribution is -0.259. The van der Waals surface area contributed by atoms with E-state index in [-0.39, 0.29) is 64.5 Å². The summed E-state index contributed by atoms with van der Waals surface area (Å²) >= 11 is 0. The first kappa shape index (κ1) is 29.3. The van der Waals surface area contributed by atoms with Crippen LogP contribution in [-0.4, -0.2) is 82.9 Å². The number of phenols is 2. The van der Waals surface area contributed by atoms with E-state index in [1.165, 1.54) is 25.1 Å². The first-order chi connectivity index (χ1) is 20.9. The lowest BCUT2D eigenvalue weighted by Crippen LogP contribution is -2.48. The maximum absolute atomic E-state index is 13.7. The molecule has 3 saturated heterocycles. The van der Waals surface area contributed by atoms with E-state index in [1.54, 1.807) is 7.11 Å². The van der Waals surface area contributed by atoms with Crippen molar-refractivity contribution in [2.24, 2.45) is 11.8 Å². The minimum atomic E-state index is -1.98. The van der Waals surface area contributed by atoms with Gasteiger partial charge in [-0.15, -0.1) is 0 Å². The molecule has 44 heavy (non-hydrogen) atoms. The average Bonchev–Trinajstić information content (AvgIpc) is 3.37. The molecule has 234 valence electrons. The van der Waals surface area contributed by atoms with Crippen LogP contribution >= 0.6 is 0 Å². The molecule has 0 spiro atoms. The van der Waals surface area contributed by atoms with Crippen LogP contribution in [0.3, 0.4) is 0 Å². The van der Waals surface area contributed by atoms with E-state index >= 15 is 0 Å². The van der Waals surface area contributed by atoms with Crippen molar-refractivity contribution in [3.05, 3.63) is 51.6 Å². The number of Topliss-reactive ketones (excluding diaryl/α,β-unsaturated/α-hetero) is 1. The Morgan fingerprint density at radius 3 is 2.52 bits per heavy atom. The van der Waals surface area contributed by atoms with E-state index in [4.69, 9.17) is 29.4 Å². The second kappa shape index (κ2) is 10.3. The molecule has 2 aromatic rings. The number of benzene rings is 2. The van der Waals surface area contributed by atoms with Gasteiger partial charge in [-0.25, -0.2) is 0 Å². The number of phenolic OH excluding ortho intramolecular Hbond substituents is 2. The van der Waals surface area contributed by atoms with Gasteiger partial charge < -0.3 is 44.7 Å². The summed E-state index contributed by atoms with van der Waals surface area (Å²) in [5, 5.41) is 34.6. The SMILES string of the molecule is CO[C@H]1OCC[C@H]2C3C[C@H](O[C@H]4C[C@](O)(C(C)=O)Cc5c(O)c6c(c(O)c54)C(=O)c4c(N)cccc4C6=O)O[C@@H](C)[C@H]3O[C@H]12. The molecule has 1 unspecified atom stereocenters. The van der Waals surface area contributed by atoms with Gasteiger partial charge in [0.1, 0.15) is 23.2 Å². The number of rotatable bonds is 4. The van der Waals surface area contributed by atoms with Crippen molar-refractivity contribution in [2.75, 3.05) is 19.5 Å². The van der Waals surface area contributed by atoms with Gasteiger partial charge in [0, 0.05) is 48.8 Å². The number of fused-ring (bicyclic) bond motifs is 6. The van der Waals surface area contributed by atoms with Crippen molar-refractivity contribution in [3.8, 4) is 11.5 Å². The predicted molar refractivity (Wildman–Crippen MR) is 151 cm³/mol. The van der Waals surface area contributed by atoms with Gasteiger partial charge >= 0.3 is 0 Å². The van der Waals surface area contributed by atoms with Crippen molar-refractivity contribution >= 4 is 23.0 Å². The topological polar surface area (TPSA) is 184 Å². The summed E-state index contributed by atoms with van der Waals surface area (Å²) in [7, 11) is 1.58. The largest absolute Gasteiger partial charge is 0.507 e. The second-order valence-electron chi connectivity index (χ2n) is 12.5. The molecule has 7 rings (SSSR count). The molecule has 0 bridgehead atoms.